The smallest absolute Gasteiger partial charge is 0.315 e. The summed E-state index contributed by atoms with van der Waals surface area (Å²) >= 11 is 0. The minimum absolute atomic E-state index is 0.0332. The lowest BCUT2D eigenvalue weighted by Gasteiger charge is -2.16. The number of carboxylic acid groups (broad SMARTS) is 1. The molecule has 138 valence electrons. The lowest BCUT2D eigenvalue weighted by molar-refractivity contribution is -0.137. The van der Waals surface area contributed by atoms with Gasteiger partial charge in [0.2, 0.25) is 0 Å². The third-order valence-electron chi connectivity index (χ3n) is 3.67. The van der Waals surface area contributed by atoms with E-state index in [0.29, 0.717) is 25.3 Å². The highest BCUT2D eigenvalue weighted by atomic mass is 16.5. The molecule has 26 heavy (non-hydrogen) atoms. The van der Waals surface area contributed by atoms with Crippen LogP contribution in [0.15, 0.2) is 48.7 Å². The molecule has 1 unspecified atom stereocenters. The number of urea groups is 1. The molecule has 7 heteroatoms. The van der Waals surface area contributed by atoms with Crippen LogP contribution in [0, 0.1) is 0 Å². The Hall–Kier alpha value is -3.09. The molecule has 1 aromatic carbocycles. The van der Waals surface area contributed by atoms with Crippen LogP contribution in [0.25, 0.3) is 0 Å². The summed E-state index contributed by atoms with van der Waals surface area (Å²) in [6, 6.07) is 12.6. The van der Waals surface area contributed by atoms with Gasteiger partial charge in [-0.2, -0.15) is 0 Å². The Kier molecular flexibility index (Phi) is 7.42. The van der Waals surface area contributed by atoms with Gasteiger partial charge in [-0.3, -0.25) is 9.78 Å². The molecule has 1 aromatic heterocycles. The molecule has 0 bridgehead atoms. The number of carbonyl (C=O) groups excluding carboxylic acids is 1. The van der Waals surface area contributed by atoms with Gasteiger partial charge in [-0.25, -0.2) is 4.79 Å². The van der Waals surface area contributed by atoms with E-state index in [1.165, 1.54) is 0 Å². The highest BCUT2D eigenvalue weighted by Crippen LogP contribution is 2.19. The first-order chi connectivity index (χ1) is 12.5. The van der Waals surface area contributed by atoms with Crippen molar-refractivity contribution in [3.63, 3.8) is 0 Å². The fourth-order valence-electron chi connectivity index (χ4n) is 2.29. The number of aromatic nitrogens is 1. The Morgan fingerprint density at radius 2 is 2.08 bits per heavy atom. The molecule has 1 atom stereocenters. The summed E-state index contributed by atoms with van der Waals surface area (Å²) in [5.41, 5.74) is 1.74. The normalized spacial score (nSPS) is 11.4. The van der Waals surface area contributed by atoms with Crippen molar-refractivity contribution in [2.24, 2.45) is 0 Å². The Labute approximate surface area is 152 Å². The second kappa shape index (κ2) is 10.0. The van der Waals surface area contributed by atoms with Crippen molar-refractivity contribution >= 4 is 12.0 Å². The Bertz CT molecular complexity index is 722. The predicted molar refractivity (Wildman–Crippen MR) is 96.8 cm³/mol. The number of carboxylic acids is 1. The van der Waals surface area contributed by atoms with Gasteiger partial charge in [-0.05, 0) is 43.2 Å². The average molecular weight is 357 g/mol. The van der Waals surface area contributed by atoms with Crippen LogP contribution in [0.3, 0.4) is 0 Å². The Morgan fingerprint density at radius 1 is 1.23 bits per heavy atom. The van der Waals surface area contributed by atoms with Gasteiger partial charge in [0.05, 0.1) is 11.7 Å². The molecule has 0 aliphatic rings. The second-order valence-electron chi connectivity index (χ2n) is 5.80. The van der Waals surface area contributed by atoms with Crippen LogP contribution in [0.4, 0.5) is 4.79 Å². The largest absolute Gasteiger partial charge is 0.487 e. The summed E-state index contributed by atoms with van der Waals surface area (Å²) in [5.74, 6) is -0.174. The Balaban J connectivity index is 1.82. The number of amides is 2. The van der Waals surface area contributed by atoms with Crippen LogP contribution in [0.5, 0.6) is 5.75 Å². The molecule has 0 spiro atoms. The van der Waals surface area contributed by atoms with Gasteiger partial charge in [-0.1, -0.05) is 18.2 Å². The second-order valence-corrected chi connectivity index (χ2v) is 5.80. The first-order valence-corrected chi connectivity index (χ1v) is 8.43. The van der Waals surface area contributed by atoms with Crippen LogP contribution < -0.4 is 15.4 Å². The molecule has 2 amide bonds. The maximum atomic E-state index is 11.9. The fraction of sp³-hybridized carbons (Fsp3) is 0.316. The number of nitrogens with zero attached hydrogens (tertiary/aromatic N) is 1. The SMILES string of the molecule is CC(NC(=O)NCCCC(=O)O)c1cccc(OCc2ccccn2)c1. The van der Waals surface area contributed by atoms with Gasteiger partial charge in [0.15, 0.2) is 0 Å². The van der Waals surface area contributed by atoms with E-state index in [1.54, 1.807) is 6.20 Å². The molecular formula is C19H23N3O4. The summed E-state index contributed by atoms with van der Waals surface area (Å²) in [4.78, 5) is 26.5. The first kappa shape index (κ1) is 19.2. The fourth-order valence-corrected chi connectivity index (χ4v) is 2.29. The average Bonchev–Trinajstić information content (AvgIpc) is 2.64. The van der Waals surface area contributed by atoms with Gasteiger partial charge >= 0.3 is 12.0 Å². The van der Waals surface area contributed by atoms with Crippen molar-refractivity contribution < 1.29 is 19.4 Å². The van der Waals surface area contributed by atoms with Gasteiger partial charge in [0.1, 0.15) is 12.4 Å². The lowest BCUT2D eigenvalue weighted by Crippen LogP contribution is -2.37. The predicted octanol–water partition coefficient (Wildman–Crippen LogP) is 2.89. The van der Waals surface area contributed by atoms with E-state index in [4.69, 9.17) is 9.84 Å². The highest BCUT2D eigenvalue weighted by Gasteiger charge is 2.10. The molecule has 2 aromatic rings. The van der Waals surface area contributed by atoms with E-state index in [1.807, 2.05) is 49.4 Å². The van der Waals surface area contributed by atoms with E-state index < -0.39 is 5.97 Å². The zero-order valence-corrected chi connectivity index (χ0v) is 14.6. The van der Waals surface area contributed by atoms with Gasteiger partial charge in [0, 0.05) is 19.2 Å². The van der Waals surface area contributed by atoms with Crippen molar-refractivity contribution in [1.29, 1.82) is 0 Å². The number of hydrogen-bond acceptors (Lipinski definition) is 4. The Morgan fingerprint density at radius 3 is 2.81 bits per heavy atom. The zero-order valence-electron chi connectivity index (χ0n) is 14.6. The van der Waals surface area contributed by atoms with E-state index >= 15 is 0 Å². The van der Waals surface area contributed by atoms with Crippen molar-refractivity contribution in [2.75, 3.05) is 6.54 Å². The van der Waals surface area contributed by atoms with E-state index in [0.717, 1.165) is 11.3 Å². The molecule has 1 heterocycles. The maximum Gasteiger partial charge on any atom is 0.315 e. The topological polar surface area (TPSA) is 101 Å². The summed E-state index contributed by atoms with van der Waals surface area (Å²) in [6.45, 7) is 2.56. The minimum Gasteiger partial charge on any atom is -0.487 e. The van der Waals surface area contributed by atoms with Gasteiger partial charge in [0.25, 0.3) is 0 Å². The molecule has 0 aliphatic carbocycles. The number of benzene rings is 1. The molecule has 0 aliphatic heterocycles. The molecular weight excluding hydrogens is 334 g/mol. The summed E-state index contributed by atoms with van der Waals surface area (Å²) in [5, 5.41) is 14.0. The number of ether oxygens (including phenoxy) is 1. The third kappa shape index (κ3) is 6.80. The van der Waals surface area contributed by atoms with Crippen LogP contribution in [-0.2, 0) is 11.4 Å². The molecule has 7 nitrogen and oxygen atoms in total. The van der Waals surface area contributed by atoms with Crippen molar-refractivity contribution in [3.8, 4) is 5.75 Å². The highest BCUT2D eigenvalue weighted by molar-refractivity contribution is 5.74. The maximum absolute atomic E-state index is 11.9. The van der Waals surface area contributed by atoms with Crippen LogP contribution in [0.2, 0.25) is 0 Å². The third-order valence-corrected chi connectivity index (χ3v) is 3.67. The van der Waals surface area contributed by atoms with Crippen molar-refractivity contribution in [2.45, 2.75) is 32.4 Å². The molecule has 0 saturated carbocycles. The summed E-state index contributed by atoms with van der Waals surface area (Å²) in [6.07, 6.45) is 2.15. The molecule has 2 rings (SSSR count). The van der Waals surface area contributed by atoms with E-state index in [2.05, 4.69) is 15.6 Å². The number of carbonyl (C=O) groups is 2. The molecule has 0 radical (unpaired) electrons. The minimum atomic E-state index is -0.872. The van der Waals surface area contributed by atoms with E-state index in [-0.39, 0.29) is 18.5 Å². The number of aliphatic carboxylic acids is 1. The lowest BCUT2D eigenvalue weighted by atomic mass is 10.1. The van der Waals surface area contributed by atoms with Crippen molar-refractivity contribution in [3.05, 3.63) is 59.9 Å². The number of hydrogen-bond donors (Lipinski definition) is 3. The van der Waals surface area contributed by atoms with Crippen LogP contribution in [-0.4, -0.2) is 28.6 Å². The van der Waals surface area contributed by atoms with Gasteiger partial charge in [-0.15, -0.1) is 0 Å². The molecule has 0 saturated heterocycles. The van der Waals surface area contributed by atoms with E-state index in [9.17, 15) is 9.59 Å². The summed E-state index contributed by atoms with van der Waals surface area (Å²) in [7, 11) is 0. The standard InChI is InChI=1S/C19H23N3O4/c1-14(22-19(25)21-11-5-9-18(23)24)15-6-4-8-17(12-15)26-13-16-7-2-3-10-20-16/h2-4,6-8,10,12,14H,5,9,11,13H2,1H3,(H,23,24)(H2,21,22,25). The quantitative estimate of drug-likeness (QED) is 0.599. The summed E-state index contributed by atoms with van der Waals surface area (Å²) < 4.78 is 5.74. The zero-order chi connectivity index (χ0) is 18.8. The number of rotatable bonds is 9. The van der Waals surface area contributed by atoms with Crippen LogP contribution in [0.1, 0.15) is 37.1 Å². The van der Waals surface area contributed by atoms with Gasteiger partial charge < -0.3 is 20.5 Å². The number of nitrogens with one attached hydrogen (secondary N) is 2. The molecule has 3 N–H and O–H groups in total. The number of pyridine rings is 1. The van der Waals surface area contributed by atoms with Crippen LogP contribution >= 0.6 is 0 Å². The monoisotopic (exact) mass is 357 g/mol. The first-order valence-electron chi connectivity index (χ1n) is 8.43. The van der Waals surface area contributed by atoms with Crippen molar-refractivity contribution in [1.82, 2.24) is 15.6 Å². The molecule has 0 fully saturated rings.